The van der Waals surface area contributed by atoms with Gasteiger partial charge in [-0.05, 0) is 0 Å². The summed E-state index contributed by atoms with van der Waals surface area (Å²) in [4.78, 5) is 57.6. The zero-order valence-corrected chi connectivity index (χ0v) is 32.0. The summed E-state index contributed by atoms with van der Waals surface area (Å²) in [7, 11) is 0. The standard InChI is InChI=1S/C35H30F20O10/c1-7-18(13-61-20(56)8-2)19(14-62-21(57)9-3)26(36,37)28(40,41)30(44,45)32(48,49)34(52,53)35(54,55)33(50,51)31(46,47)29(42,43)27(38,39)25(15-63-22(58)10-4,16-64-23(59)11-5)17-65-24(60)12-6/h7-12,18-19H,1-6,13-17H2. The van der Waals surface area contributed by atoms with Crippen molar-refractivity contribution in [1.82, 2.24) is 0 Å². The van der Waals surface area contributed by atoms with Crippen molar-refractivity contribution >= 4 is 29.8 Å². The molecule has 0 saturated carbocycles. The Kier molecular flexibility index (Phi) is 18.5. The van der Waals surface area contributed by atoms with Crippen LogP contribution in [-0.2, 0) is 47.7 Å². The molecular formula is C35H30F20O10. The maximum atomic E-state index is 15.9. The molecule has 0 amide bonds. The van der Waals surface area contributed by atoms with E-state index >= 15 is 43.9 Å². The molecule has 0 aromatic heterocycles. The molecule has 10 nitrogen and oxygen atoms in total. The van der Waals surface area contributed by atoms with E-state index in [-0.39, 0.29) is 36.5 Å². The number of esters is 5. The van der Waals surface area contributed by atoms with Gasteiger partial charge in [0.15, 0.2) is 0 Å². The third kappa shape index (κ3) is 10.3. The van der Waals surface area contributed by atoms with Gasteiger partial charge in [0, 0.05) is 36.3 Å². The number of hydrogen-bond donors (Lipinski definition) is 0. The highest BCUT2D eigenvalue weighted by molar-refractivity contribution is 5.82. The molecule has 30 heteroatoms. The monoisotopic (exact) mass is 990 g/mol. The lowest BCUT2D eigenvalue weighted by Gasteiger charge is -2.48. The molecule has 65 heavy (non-hydrogen) atoms. The lowest BCUT2D eigenvalue weighted by molar-refractivity contribution is -0.474. The molecule has 0 N–H and O–H groups in total. The number of alkyl halides is 20. The fraction of sp³-hybridized carbons (Fsp3) is 0.514. The molecule has 0 aromatic carbocycles. The molecule has 0 aromatic rings. The van der Waals surface area contributed by atoms with E-state index in [0.29, 0.717) is 0 Å². The van der Waals surface area contributed by atoms with Crippen molar-refractivity contribution < 1.29 is 135 Å². The highest BCUT2D eigenvalue weighted by Crippen LogP contribution is 2.68. The van der Waals surface area contributed by atoms with E-state index in [2.05, 4.69) is 63.2 Å². The van der Waals surface area contributed by atoms with Gasteiger partial charge in [0.05, 0.1) is 12.5 Å². The lowest BCUT2D eigenvalue weighted by Crippen LogP contribution is -2.78. The summed E-state index contributed by atoms with van der Waals surface area (Å²) < 4.78 is 323. The Hall–Kier alpha value is -5.61. The maximum absolute atomic E-state index is 15.9. The molecule has 2 unspecified atom stereocenters. The summed E-state index contributed by atoms with van der Waals surface area (Å²) in [5.41, 5.74) is -5.04. The number of halogens is 20. The molecule has 0 saturated heterocycles. The topological polar surface area (TPSA) is 132 Å². The number of ether oxygens (including phenoxy) is 5. The minimum Gasteiger partial charge on any atom is -0.462 e. The predicted molar refractivity (Wildman–Crippen MR) is 175 cm³/mol. The molecule has 0 radical (unpaired) electrons. The zero-order valence-electron chi connectivity index (χ0n) is 32.0. The van der Waals surface area contributed by atoms with Crippen molar-refractivity contribution in [3.05, 3.63) is 75.9 Å². The molecule has 0 rings (SSSR count). The third-order valence-electron chi connectivity index (χ3n) is 8.65. The van der Waals surface area contributed by atoms with Gasteiger partial charge in [-0.2, -0.15) is 87.8 Å². The van der Waals surface area contributed by atoms with E-state index in [4.69, 9.17) is 0 Å². The van der Waals surface area contributed by atoms with Gasteiger partial charge in [0.2, 0.25) is 0 Å². The van der Waals surface area contributed by atoms with E-state index in [1.54, 1.807) is 0 Å². The molecule has 0 spiro atoms. The van der Waals surface area contributed by atoms with Crippen molar-refractivity contribution in [2.24, 2.45) is 17.3 Å². The van der Waals surface area contributed by atoms with Crippen LogP contribution in [0.15, 0.2) is 75.9 Å². The van der Waals surface area contributed by atoms with Gasteiger partial charge in [-0.3, -0.25) is 0 Å². The maximum Gasteiger partial charge on any atom is 0.385 e. The molecule has 0 heterocycles. The van der Waals surface area contributed by atoms with Crippen LogP contribution < -0.4 is 0 Å². The number of carbonyl (C=O) groups is 5. The molecule has 2 atom stereocenters. The fourth-order valence-corrected chi connectivity index (χ4v) is 4.67. The largest absolute Gasteiger partial charge is 0.462 e. The predicted octanol–water partition coefficient (Wildman–Crippen LogP) is 8.39. The summed E-state index contributed by atoms with van der Waals surface area (Å²) in [5.74, 6) is -105. The smallest absolute Gasteiger partial charge is 0.385 e. The van der Waals surface area contributed by atoms with Crippen molar-refractivity contribution in [2.45, 2.75) is 59.2 Å². The van der Waals surface area contributed by atoms with Crippen LogP contribution in [0.3, 0.4) is 0 Å². The molecule has 0 aliphatic carbocycles. The summed E-state index contributed by atoms with van der Waals surface area (Å²) >= 11 is 0. The molecule has 0 aliphatic rings. The number of carbonyl (C=O) groups excluding carboxylic acids is 5. The lowest BCUT2D eigenvalue weighted by atomic mass is 9.75. The SMILES string of the molecule is C=CC(=O)OCC(C=C)C(COC(=O)C=C)C(F)(F)C(F)(F)C(F)(F)C(F)(F)C(F)(F)C(F)(F)C(F)(F)C(F)(F)C(F)(F)C(F)(F)C(COC(=O)C=C)(COC(=O)C=C)COC(=O)C=C. The van der Waals surface area contributed by atoms with Crippen LogP contribution in [0.2, 0.25) is 0 Å². The first kappa shape index (κ1) is 59.4. The number of rotatable bonds is 28. The van der Waals surface area contributed by atoms with E-state index in [1.807, 2.05) is 0 Å². The minimum absolute atomic E-state index is 0.0294. The average molecular weight is 991 g/mol. The van der Waals surface area contributed by atoms with Crippen molar-refractivity contribution in [3.8, 4) is 0 Å². The Morgan fingerprint density at radius 3 is 0.846 bits per heavy atom. The first-order valence-electron chi connectivity index (χ1n) is 16.5. The van der Waals surface area contributed by atoms with Gasteiger partial charge < -0.3 is 23.7 Å². The van der Waals surface area contributed by atoms with Crippen molar-refractivity contribution in [1.29, 1.82) is 0 Å². The quantitative estimate of drug-likeness (QED) is 0.0248. The highest BCUT2D eigenvalue weighted by atomic mass is 19.4. The van der Waals surface area contributed by atoms with E-state index in [1.165, 1.54) is 0 Å². The molecule has 0 aliphatic heterocycles. The summed E-state index contributed by atoms with van der Waals surface area (Å²) in [6.45, 7) is 3.60. The van der Waals surface area contributed by atoms with Crippen LogP contribution in [0.25, 0.3) is 0 Å². The van der Waals surface area contributed by atoms with Crippen molar-refractivity contribution in [3.63, 3.8) is 0 Å². The normalized spacial score (nSPS) is 14.7. The van der Waals surface area contributed by atoms with Crippen LogP contribution in [0.1, 0.15) is 0 Å². The van der Waals surface area contributed by atoms with Crippen LogP contribution in [0.5, 0.6) is 0 Å². The molecule has 0 bridgehead atoms. The van der Waals surface area contributed by atoms with Gasteiger partial charge in [0.25, 0.3) is 0 Å². The van der Waals surface area contributed by atoms with Crippen LogP contribution >= 0.6 is 0 Å². The van der Waals surface area contributed by atoms with Gasteiger partial charge in [-0.15, -0.1) is 6.58 Å². The van der Waals surface area contributed by atoms with E-state index < -0.39 is 139 Å². The Balaban J connectivity index is 8.03. The fourth-order valence-electron chi connectivity index (χ4n) is 4.67. The van der Waals surface area contributed by atoms with Gasteiger partial charge >= 0.3 is 89.1 Å². The second-order valence-corrected chi connectivity index (χ2v) is 12.7. The molecular weight excluding hydrogens is 960 g/mol. The Labute approximate surface area is 351 Å². The Bertz CT molecular complexity index is 1780. The van der Waals surface area contributed by atoms with Gasteiger partial charge in [-0.25, -0.2) is 24.0 Å². The first-order chi connectivity index (χ1) is 29.1. The molecule has 370 valence electrons. The summed E-state index contributed by atoms with van der Waals surface area (Å²) in [6.07, 6.45) is 0.0283. The van der Waals surface area contributed by atoms with E-state index in [9.17, 15) is 67.9 Å². The molecule has 0 fully saturated rings. The summed E-state index contributed by atoms with van der Waals surface area (Å²) in [5, 5.41) is 0. The zero-order chi connectivity index (χ0) is 51.9. The van der Waals surface area contributed by atoms with Crippen molar-refractivity contribution in [2.75, 3.05) is 33.0 Å². The first-order valence-corrected chi connectivity index (χ1v) is 16.5. The average Bonchev–Trinajstić information content (AvgIpc) is 3.22. The third-order valence-corrected chi connectivity index (χ3v) is 8.65. The van der Waals surface area contributed by atoms with Crippen LogP contribution in [0.4, 0.5) is 87.8 Å². The van der Waals surface area contributed by atoms with Gasteiger partial charge in [-0.1, -0.05) is 39.0 Å². The summed E-state index contributed by atoms with van der Waals surface area (Å²) in [6, 6.07) is 0. The Morgan fingerprint density at radius 1 is 0.354 bits per heavy atom. The van der Waals surface area contributed by atoms with E-state index in [0.717, 1.165) is 0 Å². The number of hydrogen-bond acceptors (Lipinski definition) is 10. The highest BCUT2D eigenvalue weighted by Gasteiger charge is 2.98. The van der Waals surface area contributed by atoms with Gasteiger partial charge in [0.1, 0.15) is 31.8 Å². The van der Waals surface area contributed by atoms with Crippen LogP contribution in [-0.4, -0.2) is 122 Å². The second kappa shape index (κ2) is 20.3. The second-order valence-electron chi connectivity index (χ2n) is 12.7. The van der Waals surface area contributed by atoms with Crippen LogP contribution in [0, 0.1) is 17.3 Å². The Morgan fingerprint density at radius 2 is 0.585 bits per heavy atom. The minimum atomic E-state index is -9.51.